The van der Waals surface area contributed by atoms with Crippen LogP contribution in [-0.4, -0.2) is 5.91 Å². The minimum absolute atomic E-state index is 0.182. The summed E-state index contributed by atoms with van der Waals surface area (Å²) in [5.41, 5.74) is 6.70. The molecule has 1 heterocycles. The number of rotatable bonds is 4. The molecule has 0 spiro atoms. The van der Waals surface area contributed by atoms with E-state index in [0.29, 0.717) is 12.1 Å². The predicted molar refractivity (Wildman–Crippen MR) is 66.6 cm³/mol. The first-order valence-corrected chi connectivity index (χ1v) is 5.95. The van der Waals surface area contributed by atoms with Crippen molar-refractivity contribution in [3.63, 3.8) is 0 Å². The van der Waals surface area contributed by atoms with Gasteiger partial charge in [0.2, 0.25) is 5.91 Å². The number of amides is 1. The first-order valence-electron chi connectivity index (χ1n) is 5.01. The van der Waals surface area contributed by atoms with Crippen molar-refractivity contribution >= 4 is 22.9 Å². The Hall–Kier alpha value is -1.88. The van der Waals surface area contributed by atoms with Gasteiger partial charge in [0.05, 0.1) is 0 Å². The van der Waals surface area contributed by atoms with Crippen molar-refractivity contribution in [2.75, 3.05) is 5.32 Å². The van der Waals surface area contributed by atoms with Crippen molar-refractivity contribution in [3.05, 3.63) is 52.0 Å². The van der Waals surface area contributed by atoms with Crippen LogP contribution in [0.5, 0.6) is 0 Å². The van der Waals surface area contributed by atoms with Gasteiger partial charge < -0.3 is 11.1 Å². The van der Waals surface area contributed by atoms with Gasteiger partial charge in [-0.25, -0.2) is 4.39 Å². The zero-order valence-corrected chi connectivity index (χ0v) is 9.76. The number of carbonyl (C=O) groups is 1. The fourth-order valence-electron chi connectivity index (χ4n) is 1.41. The summed E-state index contributed by atoms with van der Waals surface area (Å²) in [5, 5.41) is 6.96. The molecule has 1 aromatic carbocycles. The molecule has 3 nitrogen and oxygen atoms in total. The zero-order chi connectivity index (χ0) is 12.3. The third-order valence-electron chi connectivity index (χ3n) is 2.34. The van der Waals surface area contributed by atoms with Crippen molar-refractivity contribution in [3.8, 4) is 0 Å². The molecule has 88 valence electrons. The minimum Gasteiger partial charge on any atom is -0.380 e. The Balaban J connectivity index is 2.09. The van der Waals surface area contributed by atoms with Crippen LogP contribution < -0.4 is 11.1 Å². The lowest BCUT2D eigenvalue weighted by Gasteiger charge is -2.06. The second kappa shape index (κ2) is 4.97. The smallest absolute Gasteiger partial charge is 0.248 e. The van der Waals surface area contributed by atoms with Gasteiger partial charge in [0.1, 0.15) is 5.82 Å². The number of hydrogen-bond donors (Lipinski definition) is 2. The lowest BCUT2D eigenvalue weighted by Crippen LogP contribution is -2.12. The number of thiophene rings is 1. The van der Waals surface area contributed by atoms with Crippen molar-refractivity contribution in [2.45, 2.75) is 6.54 Å². The summed E-state index contributed by atoms with van der Waals surface area (Å²) >= 11 is 1.57. The number of nitrogens with two attached hydrogens (primary N) is 1. The summed E-state index contributed by atoms with van der Waals surface area (Å²) in [5.74, 6) is -1.05. The van der Waals surface area contributed by atoms with Crippen LogP contribution >= 0.6 is 11.3 Å². The summed E-state index contributed by atoms with van der Waals surface area (Å²) in [6.07, 6.45) is 0. The molecule has 2 aromatic rings. The van der Waals surface area contributed by atoms with E-state index in [2.05, 4.69) is 5.32 Å². The van der Waals surface area contributed by atoms with E-state index >= 15 is 0 Å². The normalized spacial score (nSPS) is 10.2. The van der Waals surface area contributed by atoms with Crippen LogP contribution in [0.15, 0.2) is 35.0 Å². The van der Waals surface area contributed by atoms with Gasteiger partial charge in [0.25, 0.3) is 0 Å². The molecule has 0 aliphatic carbocycles. The number of benzene rings is 1. The molecule has 1 aromatic heterocycles. The number of anilines is 1. The molecular weight excluding hydrogens is 239 g/mol. The van der Waals surface area contributed by atoms with Gasteiger partial charge in [-0.05, 0) is 23.6 Å². The number of hydrogen-bond acceptors (Lipinski definition) is 3. The van der Waals surface area contributed by atoms with E-state index in [1.165, 1.54) is 6.07 Å². The summed E-state index contributed by atoms with van der Waals surface area (Å²) in [4.78, 5) is 10.9. The van der Waals surface area contributed by atoms with Crippen molar-refractivity contribution in [1.29, 1.82) is 0 Å². The van der Waals surface area contributed by atoms with E-state index in [9.17, 15) is 9.18 Å². The Kier molecular flexibility index (Phi) is 3.39. The molecule has 0 aliphatic heterocycles. The SMILES string of the molecule is NC(=O)c1ccc(CNc2ccsc2)c(F)c1. The molecule has 17 heavy (non-hydrogen) atoms. The van der Waals surface area contributed by atoms with Gasteiger partial charge in [-0.15, -0.1) is 0 Å². The van der Waals surface area contributed by atoms with Crippen LogP contribution in [0.2, 0.25) is 0 Å². The third kappa shape index (κ3) is 2.82. The summed E-state index contributed by atoms with van der Waals surface area (Å²) in [7, 11) is 0. The first kappa shape index (κ1) is 11.6. The molecule has 0 saturated carbocycles. The van der Waals surface area contributed by atoms with Crippen LogP contribution in [0.1, 0.15) is 15.9 Å². The van der Waals surface area contributed by atoms with E-state index in [1.807, 2.05) is 16.8 Å². The van der Waals surface area contributed by atoms with Gasteiger partial charge in [0.15, 0.2) is 0 Å². The molecule has 0 bridgehead atoms. The number of carbonyl (C=O) groups excluding carboxylic acids is 1. The fourth-order valence-corrected chi connectivity index (χ4v) is 2.02. The standard InChI is InChI=1S/C12H11FN2OS/c13-11-5-8(12(14)16)1-2-9(11)6-15-10-3-4-17-7-10/h1-5,7,15H,6H2,(H2,14,16). The highest BCUT2D eigenvalue weighted by Gasteiger charge is 2.06. The Morgan fingerprint density at radius 2 is 2.24 bits per heavy atom. The van der Waals surface area contributed by atoms with E-state index < -0.39 is 11.7 Å². The highest BCUT2D eigenvalue weighted by atomic mass is 32.1. The molecule has 1 amide bonds. The van der Waals surface area contributed by atoms with Gasteiger partial charge in [-0.2, -0.15) is 11.3 Å². The minimum atomic E-state index is -0.624. The molecule has 0 radical (unpaired) electrons. The maximum Gasteiger partial charge on any atom is 0.248 e. The molecule has 0 aliphatic rings. The Labute approximate surface area is 102 Å². The van der Waals surface area contributed by atoms with E-state index in [4.69, 9.17) is 5.73 Å². The molecule has 0 unspecified atom stereocenters. The number of halogens is 1. The monoisotopic (exact) mass is 250 g/mol. The van der Waals surface area contributed by atoms with Crippen LogP contribution in [0.3, 0.4) is 0 Å². The highest BCUT2D eigenvalue weighted by Crippen LogP contribution is 2.15. The molecule has 3 N–H and O–H groups in total. The van der Waals surface area contributed by atoms with Crippen LogP contribution in [0.25, 0.3) is 0 Å². The van der Waals surface area contributed by atoms with Crippen molar-refractivity contribution < 1.29 is 9.18 Å². The van der Waals surface area contributed by atoms with Gasteiger partial charge in [-0.1, -0.05) is 6.07 Å². The Morgan fingerprint density at radius 1 is 1.41 bits per heavy atom. The van der Waals surface area contributed by atoms with Gasteiger partial charge >= 0.3 is 0 Å². The third-order valence-corrected chi connectivity index (χ3v) is 3.02. The number of primary amides is 1. The summed E-state index contributed by atoms with van der Waals surface area (Å²) in [6, 6.07) is 6.16. The molecule has 0 atom stereocenters. The topological polar surface area (TPSA) is 55.1 Å². The van der Waals surface area contributed by atoms with Gasteiger partial charge in [0, 0.05) is 28.7 Å². The maximum absolute atomic E-state index is 13.6. The molecule has 0 saturated heterocycles. The van der Waals surface area contributed by atoms with Crippen LogP contribution in [-0.2, 0) is 6.54 Å². The average Bonchev–Trinajstić information content (AvgIpc) is 2.80. The molecule has 5 heteroatoms. The molecule has 0 fully saturated rings. The molecular formula is C12H11FN2OS. The zero-order valence-electron chi connectivity index (χ0n) is 8.94. The van der Waals surface area contributed by atoms with Gasteiger partial charge in [-0.3, -0.25) is 4.79 Å². The molecule has 2 rings (SSSR count). The van der Waals surface area contributed by atoms with E-state index in [-0.39, 0.29) is 5.56 Å². The Morgan fingerprint density at radius 3 is 2.82 bits per heavy atom. The van der Waals surface area contributed by atoms with Crippen LogP contribution in [0.4, 0.5) is 10.1 Å². The number of nitrogens with one attached hydrogen (secondary N) is 1. The van der Waals surface area contributed by atoms with Crippen LogP contribution in [0, 0.1) is 5.82 Å². The van der Waals surface area contributed by atoms with Crippen molar-refractivity contribution in [2.24, 2.45) is 5.73 Å². The van der Waals surface area contributed by atoms with Crippen molar-refractivity contribution in [1.82, 2.24) is 0 Å². The predicted octanol–water partition coefficient (Wildman–Crippen LogP) is 2.60. The fraction of sp³-hybridized carbons (Fsp3) is 0.0833. The summed E-state index contributed by atoms with van der Waals surface area (Å²) < 4.78 is 13.6. The quantitative estimate of drug-likeness (QED) is 0.876. The second-order valence-corrected chi connectivity index (χ2v) is 4.32. The Bertz CT molecular complexity index is 525. The average molecular weight is 250 g/mol. The van der Waals surface area contributed by atoms with E-state index in [1.54, 1.807) is 17.4 Å². The maximum atomic E-state index is 13.6. The highest BCUT2D eigenvalue weighted by molar-refractivity contribution is 7.08. The second-order valence-electron chi connectivity index (χ2n) is 3.54. The van der Waals surface area contributed by atoms with E-state index in [0.717, 1.165) is 11.8 Å². The lowest BCUT2D eigenvalue weighted by molar-refractivity contribution is 0.1000. The summed E-state index contributed by atoms with van der Waals surface area (Å²) in [6.45, 7) is 0.377. The largest absolute Gasteiger partial charge is 0.380 e. The first-order chi connectivity index (χ1) is 8.16. The lowest BCUT2D eigenvalue weighted by atomic mass is 10.1.